The van der Waals surface area contributed by atoms with Crippen molar-refractivity contribution in [3.8, 4) is 0 Å². The third-order valence-electron chi connectivity index (χ3n) is 3.67. The predicted octanol–water partition coefficient (Wildman–Crippen LogP) is 3.36. The van der Waals surface area contributed by atoms with Gasteiger partial charge in [-0.3, -0.25) is 0 Å². The molecule has 0 saturated carbocycles. The van der Waals surface area contributed by atoms with Gasteiger partial charge in [-0.25, -0.2) is 0 Å². The first-order valence-electron chi connectivity index (χ1n) is 6.29. The molecule has 2 aliphatic rings. The Morgan fingerprint density at radius 2 is 1.94 bits per heavy atom. The molecule has 2 saturated heterocycles. The number of benzene rings is 1. The van der Waals surface area contributed by atoms with Gasteiger partial charge in [0.15, 0.2) is 0 Å². The number of hydrogen-bond donors (Lipinski definition) is 0. The molecule has 0 radical (unpaired) electrons. The van der Waals surface area contributed by atoms with Gasteiger partial charge in [0.25, 0.3) is 0 Å². The molecular weight excluding hydrogens is 194 g/mol. The van der Waals surface area contributed by atoms with Crippen molar-refractivity contribution in [2.75, 3.05) is 13.1 Å². The predicted molar refractivity (Wildman–Crippen MR) is 70.5 cm³/mol. The lowest BCUT2D eigenvalue weighted by molar-refractivity contribution is -0.00222. The SMILES string of the molecule is C1CN2CCC12.C=Cc1ccccc1CC. The Hall–Kier alpha value is -1.08. The second-order valence-corrected chi connectivity index (χ2v) is 4.52. The molecule has 0 aromatic heterocycles. The fraction of sp³-hybridized carbons (Fsp3) is 0.467. The molecule has 2 fully saturated rings. The Bertz CT molecular complexity index is 338. The molecule has 2 heterocycles. The Morgan fingerprint density at radius 1 is 1.31 bits per heavy atom. The van der Waals surface area contributed by atoms with Crippen molar-refractivity contribution in [2.24, 2.45) is 0 Å². The highest BCUT2D eigenvalue weighted by Crippen LogP contribution is 2.28. The van der Waals surface area contributed by atoms with Gasteiger partial charge in [-0.05, 0) is 43.5 Å². The van der Waals surface area contributed by atoms with Crippen LogP contribution in [0.4, 0.5) is 0 Å². The van der Waals surface area contributed by atoms with E-state index in [2.05, 4.69) is 36.6 Å². The fourth-order valence-corrected chi connectivity index (χ4v) is 2.30. The summed E-state index contributed by atoms with van der Waals surface area (Å²) in [5.74, 6) is 0. The van der Waals surface area contributed by atoms with Crippen LogP contribution in [0.5, 0.6) is 0 Å². The maximum atomic E-state index is 3.74. The van der Waals surface area contributed by atoms with E-state index in [1.165, 1.54) is 37.1 Å². The average molecular weight is 215 g/mol. The topological polar surface area (TPSA) is 3.24 Å². The maximum Gasteiger partial charge on any atom is 0.0120 e. The summed E-state index contributed by atoms with van der Waals surface area (Å²) in [7, 11) is 0. The van der Waals surface area contributed by atoms with Gasteiger partial charge in [0.1, 0.15) is 0 Å². The van der Waals surface area contributed by atoms with Crippen LogP contribution in [0, 0.1) is 0 Å². The minimum Gasteiger partial charge on any atom is -0.300 e. The molecule has 1 heteroatoms. The molecular formula is C15H21N. The third-order valence-corrected chi connectivity index (χ3v) is 3.67. The Balaban J connectivity index is 0.000000134. The van der Waals surface area contributed by atoms with Gasteiger partial charge in [-0.15, -0.1) is 0 Å². The normalized spacial score (nSPS) is 18.6. The monoisotopic (exact) mass is 215 g/mol. The number of piperidine rings is 1. The summed E-state index contributed by atoms with van der Waals surface area (Å²) >= 11 is 0. The molecule has 1 aromatic carbocycles. The van der Waals surface area contributed by atoms with E-state index in [9.17, 15) is 0 Å². The zero-order chi connectivity index (χ0) is 11.4. The van der Waals surface area contributed by atoms with Crippen LogP contribution in [-0.2, 0) is 6.42 Å². The number of rotatable bonds is 2. The van der Waals surface area contributed by atoms with Gasteiger partial charge in [-0.2, -0.15) is 0 Å². The van der Waals surface area contributed by atoms with Crippen LogP contribution >= 0.6 is 0 Å². The van der Waals surface area contributed by atoms with Crippen LogP contribution in [0.1, 0.15) is 30.9 Å². The molecule has 0 bridgehead atoms. The quantitative estimate of drug-likeness (QED) is 0.731. The van der Waals surface area contributed by atoms with Gasteiger partial charge in [0, 0.05) is 6.04 Å². The van der Waals surface area contributed by atoms with E-state index in [0.29, 0.717) is 0 Å². The summed E-state index contributed by atoms with van der Waals surface area (Å²) in [6, 6.07) is 9.37. The number of hydrogen-bond acceptors (Lipinski definition) is 1. The summed E-state index contributed by atoms with van der Waals surface area (Å²) in [4.78, 5) is 2.53. The van der Waals surface area contributed by atoms with Gasteiger partial charge in [0.05, 0.1) is 0 Å². The lowest BCUT2D eigenvalue weighted by Gasteiger charge is -2.50. The standard InChI is InChI=1S/C10H12.C5H9N/c1-3-9-7-5-6-8-10(9)4-2;1-3-6-4-2-5(1)6/h3,5-8H,1,4H2,2H3;5H,1-4H2. The van der Waals surface area contributed by atoms with E-state index < -0.39 is 0 Å². The third kappa shape index (κ3) is 2.35. The molecule has 0 atom stereocenters. The van der Waals surface area contributed by atoms with E-state index in [-0.39, 0.29) is 0 Å². The molecule has 0 spiro atoms. The van der Waals surface area contributed by atoms with E-state index in [1.54, 1.807) is 0 Å². The van der Waals surface area contributed by atoms with Crippen LogP contribution in [0.3, 0.4) is 0 Å². The van der Waals surface area contributed by atoms with E-state index in [1.807, 2.05) is 12.1 Å². The average Bonchev–Trinajstić information content (AvgIpc) is 2.34. The van der Waals surface area contributed by atoms with Crippen molar-refractivity contribution in [3.05, 3.63) is 42.0 Å². The van der Waals surface area contributed by atoms with E-state index in [4.69, 9.17) is 0 Å². The summed E-state index contributed by atoms with van der Waals surface area (Å²) < 4.78 is 0. The first-order valence-corrected chi connectivity index (χ1v) is 6.29. The molecule has 16 heavy (non-hydrogen) atoms. The number of nitrogens with zero attached hydrogens (tertiary/aromatic N) is 1. The lowest BCUT2D eigenvalue weighted by Crippen LogP contribution is -2.57. The molecule has 3 rings (SSSR count). The zero-order valence-corrected chi connectivity index (χ0v) is 10.2. The summed E-state index contributed by atoms with van der Waals surface area (Å²) in [6.07, 6.45) is 5.96. The van der Waals surface area contributed by atoms with Crippen molar-refractivity contribution in [1.29, 1.82) is 0 Å². The first-order chi connectivity index (χ1) is 7.85. The van der Waals surface area contributed by atoms with Crippen molar-refractivity contribution < 1.29 is 0 Å². The van der Waals surface area contributed by atoms with Gasteiger partial charge < -0.3 is 4.90 Å². The van der Waals surface area contributed by atoms with Crippen LogP contribution in [-0.4, -0.2) is 24.0 Å². The van der Waals surface area contributed by atoms with Crippen LogP contribution in [0.25, 0.3) is 6.08 Å². The fourth-order valence-electron chi connectivity index (χ4n) is 2.30. The number of fused-ring (bicyclic) bond motifs is 1. The minimum atomic E-state index is 1.05. The molecule has 0 amide bonds. The van der Waals surface area contributed by atoms with Gasteiger partial charge in [-0.1, -0.05) is 43.8 Å². The Labute approximate surface area is 98.8 Å². The second kappa shape index (κ2) is 5.31. The maximum absolute atomic E-state index is 3.74. The van der Waals surface area contributed by atoms with Gasteiger partial charge >= 0.3 is 0 Å². The van der Waals surface area contributed by atoms with Crippen LogP contribution in [0.15, 0.2) is 30.8 Å². The summed E-state index contributed by atoms with van der Waals surface area (Å²) in [5, 5.41) is 0. The Kier molecular flexibility index (Phi) is 3.79. The van der Waals surface area contributed by atoms with Crippen molar-refractivity contribution in [3.63, 3.8) is 0 Å². The molecule has 1 aromatic rings. The lowest BCUT2D eigenvalue weighted by atomic mass is 9.91. The summed E-state index contributed by atoms with van der Waals surface area (Å²) in [5.41, 5.74) is 2.63. The minimum absolute atomic E-state index is 1.05. The second-order valence-electron chi connectivity index (χ2n) is 4.52. The highest BCUT2D eigenvalue weighted by molar-refractivity contribution is 5.51. The molecule has 86 valence electrons. The molecule has 0 aliphatic carbocycles. The first kappa shape index (κ1) is 11.4. The molecule has 0 N–H and O–H groups in total. The summed E-state index contributed by atoms with van der Waals surface area (Å²) in [6.45, 7) is 8.68. The van der Waals surface area contributed by atoms with Crippen LogP contribution in [0.2, 0.25) is 0 Å². The highest BCUT2D eigenvalue weighted by Gasteiger charge is 2.34. The van der Waals surface area contributed by atoms with E-state index >= 15 is 0 Å². The van der Waals surface area contributed by atoms with E-state index in [0.717, 1.165) is 12.5 Å². The number of aryl methyl sites for hydroxylation is 1. The molecule has 0 unspecified atom stereocenters. The van der Waals surface area contributed by atoms with Crippen LogP contribution < -0.4 is 0 Å². The van der Waals surface area contributed by atoms with Crippen molar-refractivity contribution >= 4 is 6.08 Å². The smallest absolute Gasteiger partial charge is 0.0120 e. The highest BCUT2D eigenvalue weighted by atomic mass is 15.3. The largest absolute Gasteiger partial charge is 0.300 e. The zero-order valence-electron chi connectivity index (χ0n) is 10.2. The van der Waals surface area contributed by atoms with Crippen molar-refractivity contribution in [1.82, 2.24) is 4.90 Å². The molecule has 2 aliphatic heterocycles. The Morgan fingerprint density at radius 3 is 2.25 bits per heavy atom. The van der Waals surface area contributed by atoms with Crippen molar-refractivity contribution in [2.45, 2.75) is 32.2 Å². The van der Waals surface area contributed by atoms with Gasteiger partial charge in [0.2, 0.25) is 0 Å². The molecule has 1 nitrogen and oxygen atoms in total.